The van der Waals surface area contributed by atoms with Gasteiger partial charge in [-0.05, 0) is 37.0 Å². The highest BCUT2D eigenvalue weighted by atomic mass is 32.2. The number of fused-ring (bicyclic) bond motifs is 1. The van der Waals surface area contributed by atoms with E-state index < -0.39 is 25.1 Å². The lowest BCUT2D eigenvalue weighted by molar-refractivity contribution is -0.385. The summed E-state index contributed by atoms with van der Waals surface area (Å²) in [6.45, 7) is 4.08. The molecule has 0 atom stereocenters. The van der Waals surface area contributed by atoms with Gasteiger partial charge < -0.3 is 4.90 Å². The fourth-order valence-corrected chi connectivity index (χ4v) is 6.10. The van der Waals surface area contributed by atoms with E-state index in [0.29, 0.717) is 36.3 Å². The summed E-state index contributed by atoms with van der Waals surface area (Å²) >= 11 is 0. The second kappa shape index (κ2) is 10.3. The van der Waals surface area contributed by atoms with E-state index in [2.05, 4.69) is 4.98 Å². The van der Waals surface area contributed by atoms with Gasteiger partial charge in [-0.25, -0.2) is 8.42 Å². The molecule has 0 unspecified atom stereocenters. The molecular weight excluding hydrogens is 484 g/mol. The zero-order valence-electron chi connectivity index (χ0n) is 19.3. The van der Waals surface area contributed by atoms with Crippen LogP contribution in [0.3, 0.4) is 0 Å². The minimum Gasteiger partial charge on any atom is -0.368 e. The molecule has 0 amide bonds. The van der Waals surface area contributed by atoms with Crippen LogP contribution in [0, 0.1) is 17.0 Å². The van der Waals surface area contributed by atoms with E-state index in [0.717, 1.165) is 17.9 Å². The van der Waals surface area contributed by atoms with Crippen LogP contribution in [0.2, 0.25) is 0 Å². The molecule has 0 spiro atoms. The molecule has 2 aromatic rings. The molecule has 0 fully saturated rings. The molecule has 3 rings (SSSR count). The number of pyridine rings is 1. The monoisotopic (exact) mass is 512 g/mol. The number of aromatic nitrogens is 1. The molecule has 0 radical (unpaired) electrons. The van der Waals surface area contributed by atoms with Gasteiger partial charge in [0.15, 0.2) is 0 Å². The van der Waals surface area contributed by atoms with E-state index in [1.807, 2.05) is 13.0 Å². The highest BCUT2D eigenvalue weighted by Crippen LogP contribution is 2.36. The Labute approximate surface area is 199 Å². The van der Waals surface area contributed by atoms with Crippen molar-refractivity contribution in [3.8, 4) is 0 Å². The third-order valence-corrected chi connectivity index (χ3v) is 7.94. The van der Waals surface area contributed by atoms with Gasteiger partial charge in [-0.15, -0.1) is 0 Å². The molecule has 1 aromatic carbocycles. The molecule has 1 aliphatic rings. The van der Waals surface area contributed by atoms with Gasteiger partial charge in [0.2, 0.25) is 10.0 Å². The first kappa shape index (κ1) is 26.0. The molecule has 11 nitrogen and oxygen atoms in total. The van der Waals surface area contributed by atoms with E-state index in [1.165, 1.54) is 10.4 Å². The number of sulfonamides is 1. The topological polar surface area (TPSA) is 140 Å². The summed E-state index contributed by atoms with van der Waals surface area (Å²) in [5.74, 6) is 0. The summed E-state index contributed by atoms with van der Waals surface area (Å²) in [6.07, 6.45) is 3.65. The predicted molar refractivity (Wildman–Crippen MR) is 127 cm³/mol. The molecule has 0 aliphatic carbocycles. The van der Waals surface area contributed by atoms with Crippen molar-refractivity contribution in [1.29, 1.82) is 0 Å². The number of benzene rings is 1. The largest absolute Gasteiger partial charge is 0.368 e. The van der Waals surface area contributed by atoms with Gasteiger partial charge in [0.25, 0.3) is 15.8 Å². The first-order valence-electron chi connectivity index (χ1n) is 10.8. The molecule has 0 saturated heterocycles. The number of aryl methyl sites for hydroxylation is 1. The smallest absolute Gasteiger partial charge is 0.271 e. The minimum atomic E-state index is -4.14. The van der Waals surface area contributed by atoms with Crippen LogP contribution in [0.25, 0.3) is 0 Å². The van der Waals surface area contributed by atoms with Crippen LogP contribution < -0.4 is 4.90 Å². The Balaban J connectivity index is 2.08. The maximum Gasteiger partial charge on any atom is 0.271 e. The van der Waals surface area contributed by atoms with Crippen molar-refractivity contribution < 1.29 is 25.9 Å². The summed E-state index contributed by atoms with van der Waals surface area (Å²) in [4.78, 5) is 16.7. The maximum atomic E-state index is 13.8. The number of non-ortho nitro benzene ring substituents is 1. The summed E-state index contributed by atoms with van der Waals surface area (Å²) in [6, 6.07) is 6.10. The zero-order chi connectivity index (χ0) is 25.1. The number of anilines is 1. The van der Waals surface area contributed by atoms with E-state index in [9.17, 15) is 26.9 Å². The Morgan fingerprint density at radius 3 is 2.62 bits per heavy atom. The third-order valence-electron chi connectivity index (χ3n) is 5.49. The van der Waals surface area contributed by atoms with E-state index in [4.69, 9.17) is 4.18 Å². The van der Waals surface area contributed by atoms with Crippen LogP contribution in [-0.4, -0.2) is 63.5 Å². The van der Waals surface area contributed by atoms with Gasteiger partial charge in [-0.2, -0.15) is 12.7 Å². The molecule has 1 aliphatic heterocycles. The van der Waals surface area contributed by atoms with Crippen LogP contribution in [-0.2, 0) is 37.3 Å². The quantitative estimate of drug-likeness (QED) is 0.266. The lowest BCUT2D eigenvalue weighted by Crippen LogP contribution is -2.38. The van der Waals surface area contributed by atoms with Crippen molar-refractivity contribution in [3.63, 3.8) is 0 Å². The van der Waals surface area contributed by atoms with E-state index in [-0.39, 0.29) is 36.8 Å². The number of nitro groups is 1. The van der Waals surface area contributed by atoms with Gasteiger partial charge in [-0.3, -0.25) is 19.3 Å². The average Bonchev–Trinajstić information content (AvgIpc) is 2.76. The zero-order valence-corrected chi connectivity index (χ0v) is 20.9. The molecule has 13 heteroatoms. The normalized spacial score (nSPS) is 14.6. The molecule has 0 bridgehead atoms. The first-order valence-corrected chi connectivity index (χ1v) is 14.0. The Morgan fingerprint density at radius 1 is 1.24 bits per heavy atom. The molecular formula is C21H28N4O7S2. The Kier molecular flexibility index (Phi) is 7.91. The molecule has 2 heterocycles. The Bertz CT molecular complexity index is 1280. The van der Waals surface area contributed by atoms with Gasteiger partial charge in [0, 0.05) is 38.0 Å². The fourth-order valence-electron chi connectivity index (χ4n) is 4.02. The standard InChI is InChI=1S/C21H28N4O7S2/c1-4-9-23(11-12-32-33(3,28)29)21-16(2)13-18(25(26)27)14-20(21)34(30,31)24-10-7-17-6-5-8-22-19(17)15-24/h5-6,8,13-14H,4,7,9-12,15H2,1-3H3. The lowest BCUT2D eigenvalue weighted by Gasteiger charge is -2.31. The maximum absolute atomic E-state index is 13.8. The molecule has 0 N–H and O–H groups in total. The van der Waals surface area contributed by atoms with Gasteiger partial charge in [0.1, 0.15) is 4.90 Å². The second-order valence-corrected chi connectivity index (χ2v) is 11.6. The lowest BCUT2D eigenvalue weighted by atomic mass is 10.1. The molecule has 1 aromatic heterocycles. The van der Waals surface area contributed by atoms with Crippen molar-refractivity contribution in [2.75, 3.05) is 37.4 Å². The highest BCUT2D eigenvalue weighted by molar-refractivity contribution is 7.89. The van der Waals surface area contributed by atoms with Crippen molar-refractivity contribution in [1.82, 2.24) is 9.29 Å². The summed E-state index contributed by atoms with van der Waals surface area (Å²) in [7, 11) is -7.82. The Hall–Kier alpha value is -2.61. The van der Waals surface area contributed by atoms with E-state index in [1.54, 1.807) is 24.1 Å². The molecule has 0 saturated carbocycles. The summed E-state index contributed by atoms with van der Waals surface area (Å²) in [5.41, 5.74) is 1.98. The second-order valence-electron chi connectivity index (χ2n) is 8.08. The van der Waals surface area contributed by atoms with Crippen molar-refractivity contribution >= 4 is 31.5 Å². The third kappa shape index (κ3) is 5.90. The number of hydrogen-bond donors (Lipinski definition) is 0. The van der Waals surface area contributed by atoms with Crippen LogP contribution in [0.5, 0.6) is 0 Å². The Morgan fingerprint density at radius 2 is 1.97 bits per heavy atom. The SMILES string of the molecule is CCCN(CCOS(C)(=O)=O)c1c(C)cc([N+](=O)[O-])cc1S(=O)(=O)N1CCc2cccnc2C1. The highest BCUT2D eigenvalue weighted by Gasteiger charge is 2.34. The number of nitro benzene ring substituents is 1. The van der Waals surface area contributed by atoms with Crippen LogP contribution in [0.1, 0.15) is 30.2 Å². The summed E-state index contributed by atoms with van der Waals surface area (Å²) in [5, 5.41) is 11.5. The van der Waals surface area contributed by atoms with Crippen LogP contribution >= 0.6 is 0 Å². The van der Waals surface area contributed by atoms with Crippen molar-refractivity contribution in [3.05, 3.63) is 57.4 Å². The first-order chi connectivity index (χ1) is 15.9. The summed E-state index contributed by atoms with van der Waals surface area (Å²) < 4.78 is 56.6. The average molecular weight is 513 g/mol. The molecule has 186 valence electrons. The number of hydrogen-bond acceptors (Lipinski definition) is 9. The molecule has 34 heavy (non-hydrogen) atoms. The van der Waals surface area contributed by atoms with Crippen LogP contribution in [0.4, 0.5) is 11.4 Å². The minimum absolute atomic E-state index is 0.0602. The number of nitrogens with zero attached hydrogens (tertiary/aromatic N) is 4. The van der Waals surface area contributed by atoms with Crippen molar-refractivity contribution in [2.45, 2.75) is 38.1 Å². The van der Waals surface area contributed by atoms with Gasteiger partial charge in [-0.1, -0.05) is 13.0 Å². The van der Waals surface area contributed by atoms with Gasteiger partial charge >= 0.3 is 0 Å². The van der Waals surface area contributed by atoms with Crippen LogP contribution in [0.15, 0.2) is 35.4 Å². The predicted octanol–water partition coefficient (Wildman–Crippen LogP) is 2.24. The van der Waals surface area contributed by atoms with E-state index >= 15 is 0 Å². The van der Waals surface area contributed by atoms with Crippen molar-refractivity contribution in [2.24, 2.45) is 0 Å². The fraction of sp³-hybridized carbons (Fsp3) is 0.476. The number of rotatable bonds is 10. The van der Waals surface area contributed by atoms with Gasteiger partial charge in [0.05, 0.1) is 35.7 Å².